The summed E-state index contributed by atoms with van der Waals surface area (Å²) in [6, 6.07) is 12.4. The van der Waals surface area contributed by atoms with E-state index in [1.807, 2.05) is 18.2 Å². The first-order chi connectivity index (χ1) is 14.0. The van der Waals surface area contributed by atoms with Crippen LogP contribution in [0.5, 0.6) is 5.75 Å². The Labute approximate surface area is 174 Å². The molecular weight excluding hydrogens is 394 g/mol. The number of para-hydroxylation sites is 1. The molecule has 0 spiro atoms. The highest BCUT2D eigenvalue weighted by Crippen LogP contribution is 2.33. The number of nitrogens with one attached hydrogen (secondary N) is 2. The van der Waals surface area contributed by atoms with Gasteiger partial charge in [0.15, 0.2) is 5.96 Å². The van der Waals surface area contributed by atoms with Gasteiger partial charge < -0.3 is 20.3 Å². The highest BCUT2D eigenvalue weighted by atomic mass is 35.5. The SMILES string of the molecule is CN=C(NCc1ccccc1[N+](=O)[O-])NC1CCN(c2cc(Cl)ccc2OC)C1. The number of halogens is 1. The number of nitro groups is 1. The maximum Gasteiger partial charge on any atom is 0.274 e. The molecule has 1 saturated heterocycles. The van der Waals surface area contributed by atoms with Gasteiger partial charge in [0, 0.05) is 49.4 Å². The van der Waals surface area contributed by atoms with E-state index in [-0.39, 0.29) is 16.7 Å². The maximum atomic E-state index is 11.2. The predicted molar refractivity (Wildman–Crippen MR) is 115 cm³/mol. The molecule has 2 aromatic rings. The van der Waals surface area contributed by atoms with Gasteiger partial charge in [-0.3, -0.25) is 15.1 Å². The van der Waals surface area contributed by atoms with Crippen molar-refractivity contribution >= 4 is 28.9 Å². The Hall–Kier alpha value is -3.00. The molecule has 1 unspecified atom stereocenters. The van der Waals surface area contributed by atoms with Gasteiger partial charge >= 0.3 is 0 Å². The number of hydrogen-bond donors (Lipinski definition) is 2. The molecule has 0 radical (unpaired) electrons. The lowest BCUT2D eigenvalue weighted by molar-refractivity contribution is -0.385. The van der Waals surface area contributed by atoms with Crippen LogP contribution in [0.1, 0.15) is 12.0 Å². The summed E-state index contributed by atoms with van der Waals surface area (Å²) in [4.78, 5) is 17.3. The minimum absolute atomic E-state index is 0.0931. The first-order valence-corrected chi connectivity index (χ1v) is 9.67. The zero-order valence-corrected chi connectivity index (χ0v) is 17.1. The molecule has 1 aliphatic heterocycles. The standard InChI is InChI=1S/C20H24ClN5O3/c1-22-20(23-12-14-5-3-4-6-17(14)26(27)28)24-16-9-10-25(13-16)18-11-15(21)7-8-19(18)29-2/h3-8,11,16H,9-10,12-13H2,1-2H3,(H2,22,23,24). The molecule has 0 bridgehead atoms. The van der Waals surface area contributed by atoms with Gasteiger partial charge in [0.25, 0.3) is 5.69 Å². The number of rotatable bonds is 6. The minimum Gasteiger partial charge on any atom is -0.495 e. The van der Waals surface area contributed by atoms with Crippen LogP contribution in [0, 0.1) is 10.1 Å². The normalized spacial score (nSPS) is 16.6. The van der Waals surface area contributed by atoms with E-state index >= 15 is 0 Å². The summed E-state index contributed by atoms with van der Waals surface area (Å²) in [5.41, 5.74) is 1.67. The molecule has 9 heteroatoms. The summed E-state index contributed by atoms with van der Waals surface area (Å²) < 4.78 is 5.46. The highest BCUT2D eigenvalue weighted by molar-refractivity contribution is 6.30. The van der Waals surface area contributed by atoms with Crippen molar-refractivity contribution in [1.82, 2.24) is 10.6 Å². The molecule has 0 saturated carbocycles. The van der Waals surface area contributed by atoms with Crippen LogP contribution in [0.4, 0.5) is 11.4 Å². The molecule has 154 valence electrons. The Morgan fingerprint density at radius 3 is 2.90 bits per heavy atom. The molecule has 3 rings (SSSR count). The van der Waals surface area contributed by atoms with Crippen LogP contribution < -0.4 is 20.3 Å². The van der Waals surface area contributed by atoms with Crippen molar-refractivity contribution in [2.24, 2.45) is 4.99 Å². The summed E-state index contributed by atoms with van der Waals surface area (Å²) in [7, 11) is 3.33. The average Bonchev–Trinajstić information content (AvgIpc) is 3.19. The Morgan fingerprint density at radius 1 is 1.38 bits per heavy atom. The molecule has 1 fully saturated rings. The second-order valence-electron chi connectivity index (χ2n) is 6.70. The third-order valence-corrected chi connectivity index (χ3v) is 5.10. The lowest BCUT2D eigenvalue weighted by atomic mass is 10.2. The van der Waals surface area contributed by atoms with Gasteiger partial charge in [0.2, 0.25) is 0 Å². The Kier molecular flexibility index (Phi) is 6.77. The van der Waals surface area contributed by atoms with Crippen LogP contribution in [0.2, 0.25) is 5.02 Å². The molecule has 0 amide bonds. The summed E-state index contributed by atoms with van der Waals surface area (Å²) in [5.74, 6) is 1.39. The largest absolute Gasteiger partial charge is 0.495 e. The van der Waals surface area contributed by atoms with Gasteiger partial charge in [0.1, 0.15) is 5.75 Å². The Balaban J connectivity index is 1.60. The van der Waals surface area contributed by atoms with E-state index in [9.17, 15) is 10.1 Å². The smallest absolute Gasteiger partial charge is 0.274 e. The lowest BCUT2D eigenvalue weighted by Gasteiger charge is -2.22. The maximum absolute atomic E-state index is 11.2. The molecule has 2 N–H and O–H groups in total. The summed E-state index contributed by atoms with van der Waals surface area (Å²) in [5, 5.41) is 18.4. The molecule has 0 aliphatic carbocycles. The zero-order valence-electron chi connectivity index (χ0n) is 16.4. The monoisotopic (exact) mass is 417 g/mol. The number of ether oxygens (including phenoxy) is 1. The molecule has 2 aromatic carbocycles. The van der Waals surface area contributed by atoms with E-state index in [2.05, 4.69) is 20.5 Å². The lowest BCUT2D eigenvalue weighted by Crippen LogP contribution is -2.44. The van der Waals surface area contributed by atoms with E-state index in [0.717, 1.165) is 30.9 Å². The Bertz CT molecular complexity index is 905. The predicted octanol–water partition coefficient (Wildman–Crippen LogP) is 3.20. The van der Waals surface area contributed by atoms with Gasteiger partial charge in [-0.1, -0.05) is 29.8 Å². The van der Waals surface area contributed by atoms with E-state index in [1.165, 1.54) is 6.07 Å². The molecule has 1 heterocycles. The molecule has 29 heavy (non-hydrogen) atoms. The van der Waals surface area contributed by atoms with Crippen molar-refractivity contribution in [2.45, 2.75) is 19.0 Å². The topological polar surface area (TPSA) is 92.0 Å². The zero-order chi connectivity index (χ0) is 20.8. The fourth-order valence-electron chi connectivity index (χ4n) is 3.41. The summed E-state index contributed by atoms with van der Waals surface area (Å²) in [6.45, 7) is 1.94. The van der Waals surface area contributed by atoms with E-state index < -0.39 is 0 Å². The van der Waals surface area contributed by atoms with Crippen molar-refractivity contribution in [3.8, 4) is 5.75 Å². The van der Waals surface area contributed by atoms with Crippen LogP contribution in [-0.4, -0.2) is 44.2 Å². The Morgan fingerprint density at radius 2 is 2.17 bits per heavy atom. The number of hydrogen-bond acceptors (Lipinski definition) is 5. The summed E-state index contributed by atoms with van der Waals surface area (Å²) in [6.07, 6.45) is 0.919. The van der Waals surface area contributed by atoms with Gasteiger partial charge in [-0.15, -0.1) is 0 Å². The number of anilines is 1. The second-order valence-corrected chi connectivity index (χ2v) is 7.14. The first kappa shape index (κ1) is 20.7. The average molecular weight is 418 g/mol. The summed E-state index contributed by atoms with van der Waals surface area (Å²) >= 11 is 6.15. The van der Waals surface area contributed by atoms with Gasteiger partial charge in [0.05, 0.1) is 17.7 Å². The number of nitrogens with zero attached hydrogens (tertiary/aromatic N) is 3. The molecule has 1 atom stereocenters. The number of nitro benzene ring substituents is 1. The van der Waals surface area contributed by atoms with Crippen molar-refractivity contribution in [2.75, 3.05) is 32.1 Å². The number of methoxy groups -OCH3 is 1. The first-order valence-electron chi connectivity index (χ1n) is 9.29. The van der Waals surface area contributed by atoms with Crippen LogP contribution in [0.25, 0.3) is 0 Å². The van der Waals surface area contributed by atoms with Crippen molar-refractivity contribution < 1.29 is 9.66 Å². The van der Waals surface area contributed by atoms with Crippen LogP contribution in [-0.2, 0) is 6.54 Å². The van der Waals surface area contributed by atoms with Crippen LogP contribution >= 0.6 is 11.6 Å². The third kappa shape index (κ3) is 5.08. The van der Waals surface area contributed by atoms with Crippen LogP contribution in [0.3, 0.4) is 0 Å². The van der Waals surface area contributed by atoms with Gasteiger partial charge in [-0.2, -0.15) is 0 Å². The number of guanidine groups is 1. The molecule has 1 aliphatic rings. The van der Waals surface area contributed by atoms with E-state index in [0.29, 0.717) is 23.1 Å². The van der Waals surface area contributed by atoms with E-state index in [1.54, 1.807) is 32.4 Å². The van der Waals surface area contributed by atoms with Crippen molar-refractivity contribution in [3.05, 3.63) is 63.2 Å². The quantitative estimate of drug-likeness (QED) is 0.324. The fraction of sp³-hybridized carbons (Fsp3) is 0.350. The number of aliphatic imine (C=N–C) groups is 1. The minimum atomic E-state index is -0.375. The van der Waals surface area contributed by atoms with Crippen LogP contribution in [0.15, 0.2) is 47.5 Å². The number of benzene rings is 2. The molecule has 0 aromatic heterocycles. The highest BCUT2D eigenvalue weighted by Gasteiger charge is 2.25. The van der Waals surface area contributed by atoms with Gasteiger partial charge in [-0.05, 0) is 24.6 Å². The molecule has 8 nitrogen and oxygen atoms in total. The second kappa shape index (κ2) is 9.47. The van der Waals surface area contributed by atoms with E-state index in [4.69, 9.17) is 16.3 Å². The van der Waals surface area contributed by atoms with Crippen molar-refractivity contribution in [3.63, 3.8) is 0 Å². The third-order valence-electron chi connectivity index (χ3n) is 4.87. The molecular formula is C20H24ClN5O3. The fourth-order valence-corrected chi connectivity index (χ4v) is 3.58. The van der Waals surface area contributed by atoms with Crippen molar-refractivity contribution in [1.29, 1.82) is 0 Å². The van der Waals surface area contributed by atoms with Gasteiger partial charge in [-0.25, -0.2) is 0 Å².